The topological polar surface area (TPSA) is 38.7 Å². The summed E-state index contributed by atoms with van der Waals surface area (Å²) in [6, 6.07) is 5.43. The van der Waals surface area contributed by atoms with Gasteiger partial charge in [0, 0.05) is 23.7 Å². The Balaban J connectivity index is 2.55. The summed E-state index contributed by atoms with van der Waals surface area (Å²) < 4.78 is 0. The lowest BCUT2D eigenvalue weighted by molar-refractivity contribution is 1.13. The van der Waals surface area contributed by atoms with Crippen molar-refractivity contribution < 1.29 is 0 Å². The van der Waals surface area contributed by atoms with E-state index in [0.29, 0.717) is 11.0 Å². The van der Waals surface area contributed by atoms with Gasteiger partial charge in [0.05, 0.1) is 0 Å². The van der Waals surface area contributed by atoms with Crippen LogP contribution in [0, 0.1) is 6.92 Å². The van der Waals surface area contributed by atoms with Gasteiger partial charge in [-0.05, 0) is 25.1 Å². The zero-order valence-corrected chi connectivity index (χ0v) is 8.36. The molecule has 4 heteroatoms. The molecule has 0 radical (unpaired) electrons. The maximum atomic E-state index is 5.78. The Hall–Kier alpha value is -1.48. The van der Waals surface area contributed by atoms with Crippen LogP contribution < -0.4 is 0 Å². The molecule has 2 rings (SSSR count). The fourth-order valence-electron chi connectivity index (χ4n) is 1.19. The molecule has 14 heavy (non-hydrogen) atoms. The number of pyridine rings is 1. The summed E-state index contributed by atoms with van der Waals surface area (Å²) in [5, 5.41) is 0.443. The zero-order chi connectivity index (χ0) is 9.97. The molecule has 0 N–H and O–H groups in total. The lowest BCUT2D eigenvalue weighted by Crippen LogP contribution is -1.92. The average molecular weight is 206 g/mol. The van der Waals surface area contributed by atoms with Crippen LogP contribution >= 0.6 is 11.6 Å². The van der Waals surface area contributed by atoms with Crippen LogP contribution in [0.15, 0.2) is 30.6 Å². The molecule has 0 fully saturated rings. The fourth-order valence-corrected chi connectivity index (χ4v) is 1.32. The highest BCUT2D eigenvalue weighted by Crippen LogP contribution is 2.18. The van der Waals surface area contributed by atoms with E-state index in [1.54, 1.807) is 18.5 Å². The first kappa shape index (κ1) is 9.09. The maximum Gasteiger partial charge on any atom is 0.162 e. The summed E-state index contributed by atoms with van der Waals surface area (Å²) in [7, 11) is 0. The smallest absolute Gasteiger partial charge is 0.162 e. The first-order valence-electron chi connectivity index (χ1n) is 4.18. The number of hydrogen-bond acceptors (Lipinski definition) is 3. The van der Waals surface area contributed by atoms with Gasteiger partial charge in [-0.1, -0.05) is 11.6 Å². The van der Waals surface area contributed by atoms with Crippen LogP contribution in [0.5, 0.6) is 0 Å². The molecule has 3 nitrogen and oxygen atoms in total. The van der Waals surface area contributed by atoms with Crippen molar-refractivity contribution in [2.75, 3.05) is 0 Å². The molecule has 0 bridgehead atoms. The van der Waals surface area contributed by atoms with Crippen LogP contribution in [-0.4, -0.2) is 15.0 Å². The van der Waals surface area contributed by atoms with Crippen molar-refractivity contribution in [3.8, 4) is 11.4 Å². The molecule has 0 saturated heterocycles. The highest BCUT2D eigenvalue weighted by molar-refractivity contribution is 6.29. The van der Waals surface area contributed by atoms with Crippen LogP contribution in [-0.2, 0) is 0 Å². The van der Waals surface area contributed by atoms with Crippen LogP contribution in [0.4, 0.5) is 0 Å². The first-order valence-corrected chi connectivity index (χ1v) is 4.56. The third kappa shape index (κ3) is 1.72. The first-order chi connectivity index (χ1) is 6.77. The van der Waals surface area contributed by atoms with E-state index in [9.17, 15) is 0 Å². The molecule has 2 heterocycles. The lowest BCUT2D eigenvalue weighted by Gasteiger charge is -2.02. The summed E-state index contributed by atoms with van der Waals surface area (Å²) in [5.74, 6) is 0.614. The summed E-state index contributed by atoms with van der Waals surface area (Å²) >= 11 is 5.78. The second-order valence-electron chi connectivity index (χ2n) is 2.84. The van der Waals surface area contributed by atoms with Gasteiger partial charge < -0.3 is 0 Å². The minimum absolute atomic E-state index is 0.443. The van der Waals surface area contributed by atoms with Gasteiger partial charge in [0.2, 0.25) is 0 Å². The number of aryl methyl sites for hydroxylation is 1. The Labute approximate surface area is 86.8 Å². The third-order valence-electron chi connectivity index (χ3n) is 1.87. The van der Waals surface area contributed by atoms with E-state index in [0.717, 1.165) is 11.3 Å². The predicted octanol–water partition coefficient (Wildman–Crippen LogP) is 2.50. The molecule has 0 spiro atoms. The van der Waals surface area contributed by atoms with Crippen molar-refractivity contribution in [2.24, 2.45) is 0 Å². The van der Waals surface area contributed by atoms with Crippen LogP contribution in [0.3, 0.4) is 0 Å². The van der Waals surface area contributed by atoms with Crippen LogP contribution in [0.1, 0.15) is 5.69 Å². The standard InChI is InChI=1S/C10H8ClN3/c1-7-8(3-2-5-12-7)10-13-6-4-9(11)14-10/h2-6H,1H3. The van der Waals surface area contributed by atoms with E-state index >= 15 is 0 Å². The van der Waals surface area contributed by atoms with E-state index in [1.807, 2.05) is 19.1 Å². The van der Waals surface area contributed by atoms with Gasteiger partial charge in [0.15, 0.2) is 5.82 Å². The van der Waals surface area contributed by atoms with E-state index in [4.69, 9.17) is 11.6 Å². The molecule has 2 aromatic rings. The van der Waals surface area contributed by atoms with Crippen LogP contribution in [0.2, 0.25) is 5.15 Å². The molecule has 70 valence electrons. The normalized spacial score (nSPS) is 10.1. The Kier molecular flexibility index (Phi) is 2.41. The van der Waals surface area contributed by atoms with Crippen molar-refractivity contribution >= 4 is 11.6 Å². The number of nitrogens with zero attached hydrogens (tertiary/aromatic N) is 3. The molecule has 0 unspecified atom stereocenters. The monoisotopic (exact) mass is 205 g/mol. The van der Waals surface area contributed by atoms with Crippen molar-refractivity contribution in [2.45, 2.75) is 6.92 Å². The number of rotatable bonds is 1. The molecule has 0 aromatic carbocycles. The second-order valence-corrected chi connectivity index (χ2v) is 3.23. The molecule has 0 aliphatic heterocycles. The van der Waals surface area contributed by atoms with Crippen molar-refractivity contribution in [1.82, 2.24) is 15.0 Å². The SMILES string of the molecule is Cc1ncccc1-c1nccc(Cl)n1. The minimum Gasteiger partial charge on any atom is -0.261 e. The summed E-state index contributed by atoms with van der Waals surface area (Å²) in [6.07, 6.45) is 3.38. The van der Waals surface area contributed by atoms with Crippen molar-refractivity contribution in [1.29, 1.82) is 0 Å². The zero-order valence-electron chi connectivity index (χ0n) is 7.61. The van der Waals surface area contributed by atoms with E-state index < -0.39 is 0 Å². The van der Waals surface area contributed by atoms with Gasteiger partial charge in [0.1, 0.15) is 5.15 Å². The molecule has 0 saturated carbocycles. The molecular weight excluding hydrogens is 198 g/mol. The van der Waals surface area contributed by atoms with E-state index in [-0.39, 0.29) is 0 Å². The van der Waals surface area contributed by atoms with Gasteiger partial charge in [-0.3, -0.25) is 4.98 Å². The molecule has 0 atom stereocenters. The van der Waals surface area contributed by atoms with E-state index in [2.05, 4.69) is 15.0 Å². The van der Waals surface area contributed by atoms with Gasteiger partial charge in [-0.25, -0.2) is 9.97 Å². The largest absolute Gasteiger partial charge is 0.261 e. The van der Waals surface area contributed by atoms with Gasteiger partial charge in [-0.2, -0.15) is 0 Å². The maximum absolute atomic E-state index is 5.78. The summed E-state index contributed by atoms with van der Waals surface area (Å²) in [4.78, 5) is 12.4. The second kappa shape index (κ2) is 3.72. The Morgan fingerprint density at radius 1 is 1.14 bits per heavy atom. The summed E-state index contributed by atoms with van der Waals surface area (Å²) in [6.45, 7) is 1.92. The Morgan fingerprint density at radius 2 is 2.00 bits per heavy atom. The fraction of sp³-hybridized carbons (Fsp3) is 0.100. The summed E-state index contributed by atoms with van der Waals surface area (Å²) in [5.41, 5.74) is 1.81. The number of aromatic nitrogens is 3. The Morgan fingerprint density at radius 3 is 2.71 bits per heavy atom. The van der Waals surface area contributed by atoms with Gasteiger partial charge in [0.25, 0.3) is 0 Å². The lowest BCUT2D eigenvalue weighted by atomic mass is 10.2. The molecule has 0 aliphatic rings. The highest BCUT2D eigenvalue weighted by Gasteiger charge is 2.04. The average Bonchev–Trinajstić information content (AvgIpc) is 2.18. The van der Waals surface area contributed by atoms with E-state index in [1.165, 1.54) is 0 Å². The molecule has 0 aliphatic carbocycles. The number of hydrogen-bond donors (Lipinski definition) is 0. The Bertz CT molecular complexity index is 457. The highest BCUT2D eigenvalue weighted by atomic mass is 35.5. The minimum atomic E-state index is 0.443. The molecule has 0 amide bonds. The third-order valence-corrected chi connectivity index (χ3v) is 2.08. The predicted molar refractivity (Wildman–Crippen MR) is 55.0 cm³/mol. The van der Waals surface area contributed by atoms with Crippen LogP contribution in [0.25, 0.3) is 11.4 Å². The number of halogens is 1. The van der Waals surface area contributed by atoms with Crippen molar-refractivity contribution in [3.05, 3.63) is 41.4 Å². The van der Waals surface area contributed by atoms with Gasteiger partial charge >= 0.3 is 0 Å². The quantitative estimate of drug-likeness (QED) is 0.672. The molecular formula is C10H8ClN3. The van der Waals surface area contributed by atoms with Crippen molar-refractivity contribution in [3.63, 3.8) is 0 Å². The molecule has 2 aromatic heterocycles. The van der Waals surface area contributed by atoms with Gasteiger partial charge in [-0.15, -0.1) is 0 Å².